The van der Waals surface area contributed by atoms with E-state index in [0.29, 0.717) is 25.1 Å². The Labute approximate surface area is 173 Å². The van der Waals surface area contributed by atoms with Crippen LogP contribution in [0.5, 0.6) is 0 Å². The first-order chi connectivity index (χ1) is 14.2. The number of para-hydroxylation sites is 1. The summed E-state index contributed by atoms with van der Waals surface area (Å²) in [5.74, 6) is -2.99. The van der Waals surface area contributed by atoms with Gasteiger partial charge in [0.2, 0.25) is 5.91 Å². The van der Waals surface area contributed by atoms with E-state index in [1.165, 1.54) is 0 Å². The van der Waals surface area contributed by atoms with Crippen LogP contribution in [0.25, 0.3) is 0 Å². The molecule has 0 aromatic heterocycles. The Morgan fingerprint density at radius 1 is 1.03 bits per heavy atom. The number of carbonyl (C=O) groups excluding carboxylic acids is 2. The van der Waals surface area contributed by atoms with Crippen molar-refractivity contribution in [3.8, 4) is 0 Å². The fourth-order valence-corrected chi connectivity index (χ4v) is 3.73. The molecule has 2 aromatic rings. The molecule has 1 aliphatic carbocycles. The van der Waals surface area contributed by atoms with Crippen LogP contribution in [0.4, 0.5) is 18.9 Å². The van der Waals surface area contributed by atoms with E-state index in [4.69, 9.17) is 0 Å². The number of nitrogens with one attached hydrogen (secondary N) is 2. The fraction of sp³-hybridized carbons (Fsp3) is 0.391. The van der Waals surface area contributed by atoms with E-state index in [0.717, 1.165) is 11.1 Å². The number of hydrogen-bond donors (Lipinski definition) is 2. The first-order valence-electron chi connectivity index (χ1n) is 10.0. The second kappa shape index (κ2) is 9.32. The van der Waals surface area contributed by atoms with Gasteiger partial charge in [0.15, 0.2) is 0 Å². The van der Waals surface area contributed by atoms with Gasteiger partial charge in [-0.3, -0.25) is 9.59 Å². The average molecular weight is 418 g/mol. The van der Waals surface area contributed by atoms with E-state index < -0.39 is 23.9 Å². The molecule has 1 saturated carbocycles. The van der Waals surface area contributed by atoms with E-state index in [1.54, 1.807) is 24.3 Å². The van der Waals surface area contributed by atoms with Crippen LogP contribution >= 0.6 is 0 Å². The number of rotatable bonds is 5. The summed E-state index contributed by atoms with van der Waals surface area (Å²) in [4.78, 5) is 25.3. The van der Waals surface area contributed by atoms with Crippen molar-refractivity contribution in [1.82, 2.24) is 5.32 Å². The average Bonchev–Trinajstić information content (AvgIpc) is 2.73. The summed E-state index contributed by atoms with van der Waals surface area (Å²) < 4.78 is 39.1. The number of anilines is 1. The number of hydrogen-bond acceptors (Lipinski definition) is 2. The van der Waals surface area contributed by atoms with Gasteiger partial charge in [-0.2, -0.15) is 13.2 Å². The predicted octanol–water partition coefficient (Wildman–Crippen LogP) is 5.23. The lowest BCUT2D eigenvalue weighted by Crippen LogP contribution is -2.34. The molecule has 0 bridgehead atoms. The number of aryl methyl sites for hydroxylation is 1. The summed E-state index contributed by atoms with van der Waals surface area (Å²) in [5.41, 5.74) is 2.64. The van der Waals surface area contributed by atoms with Gasteiger partial charge in [-0.15, -0.1) is 0 Å². The van der Waals surface area contributed by atoms with Crippen LogP contribution in [-0.2, 0) is 11.3 Å². The first-order valence-corrected chi connectivity index (χ1v) is 10.0. The van der Waals surface area contributed by atoms with Gasteiger partial charge in [-0.05, 0) is 43.9 Å². The Bertz CT molecular complexity index is 894. The van der Waals surface area contributed by atoms with Gasteiger partial charge in [0.05, 0.1) is 17.2 Å². The smallest absolute Gasteiger partial charge is 0.348 e. The molecule has 4 nitrogen and oxygen atoms in total. The van der Waals surface area contributed by atoms with Gasteiger partial charge in [-0.25, -0.2) is 0 Å². The van der Waals surface area contributed by atoms with Crippen LogP contribution in [0, 0.1) is 18.8 Å². The van der Waals surface area contributed by atoms with Crippen LogP contribution in [0.15, 0.2) is 48.5 Å². The van der Waals surface area contributed by atoms with E-state index in [2.05, 4.69) is 10.6 Å². The van der Waals surface area contributed by atoms with Crippen molar-refractivity contribution in [3.63, 3.8) is 0 Å². The third-order valence-electron chi connectivity index (χ3n) is 5.51. The maximum atomic E-state index is 13.0. The Morgan fingerprint density at radius 3 is 2.43 bits per heavy atom. The van der Waals surface area contributed by atoms with Crippen LogP contribution in [-0.4, -0.2) is 18.0 Å². The zero-order chi connectivity index (χ0) is 21.7. The van der Waals surface area contributed by atoms with Crippen LogP contribution in [0.3, 0.4) is 0 Å². The molecule has 7 heteroatoms. The molecule has 3 rings (SSSR count). The first kappa shape index (κ1) is 21.9. The van der Waals surface area contributed by atoms with Crippen molar-refractivity contribution in [3.05, 3.63) is 65.2 Å². The summed E-state index contributed by atoms with van der Waals surface area (Å²) in [6.45, 7) is 2.31. The molecule has 0 aliphatic heterocycles. The number of carbonyl (C=O) groups is 2. The Balaban J connectivity index is 1.65. The molecular formula is C23H25F3N2O2. The maximum Gasteiger partial charge on any atom is 0.391 e. The molecule has 0 radical (unpaired) electrons. The molecule has 0 heterocycles. The molecule has 2 atom stereocenters. The summed E-state index contributed by atoms with van der Waals surface area (Å²) in [7, 11) is 0. The molecular weight excluding hydrogens is 393 g/mol. The molecule has 2 amide bonds. The van der Waals surface area contributed by atoms with E-state index in [1.807, 2.05) is 31.2 Å². The third kappa shape index (κ3) is 5.62. The fourth-order valence-electron chi connectivity index (χ4n) is 3.73. The summed E-state index contributed by atoms with van der Waals surface area (Å²) in [6, 6.07) is 14.3. The maximum absolute atomic E-state index is 13.0. The van der Waals surface area contributed by atoms with Crippen molar-refractivity contribution in [2.75, 3.05) is 5.32 Å². The third-order valence-corrected chi connectivity index (χ3v) is 5.51. The largest absolute Gasteiger partial charge is 0.391 e. The van der Waals surface area contributed by atoms with Gasteiger partial charge in [0.1, 0.15) is 0 Å². The molecule has 30 heavy (non-hydrogen) atoms. The van der Waals surface area contributed by atoms with Gasteiger partial charge in [-0.1, -0.05) is 48.4 Å². The van der Waals surface area contributed by atoms with Crippen LogP contribution < -0.4 is 10.6 Å². The Kier molecular flexibility index (Phi) is 6.80. The SMILES string of the molecule is Cc1ccc(CNC(=O)c2ccccc2NC(=O)C2CCCC(C(F)(F)F)C2)cc1. The molecule has 0 spiro atoms. The number of benzene rings is 2. The van der Waals surface area contributed by atoms with Gasteiger partial charge in [0.25, 0.3) is 5.91 Å². The molecule has 1 fully saturated rings. The van der Waals surface area contributed by atoms with Crippen LogP contribution in [0.1, 0.15) is 47.2 Å². The molecule has 2 unspecified atom stereocenters. The van der Waals surface area contributed by atoms with Crippen molar-refractivity contribution in [2.45, 2.75) is 45.3 Å². The lowest BCUT2D eigenvalue weighted by Gasteiger charge is -2.29. The number of alkyl halides is 3. The van der Waals surface area contributed by atoms with Gasteiger partial charge < -0.3 is 10.6 Å². The minimum absolute atomic E-state index is 0.0608. The van der Waals surface area contributed by atoms with Gasteiger partial charge >= 0.3 is 6.18 Å². The molecule has 2 aromatic carbocycles. The number of amides is 2. The lowest BCUT2D eigenvalue weighted by molar-refractivity contribution is -0.185. The normalized spacial score (nSPS) is 19.2. The second-order valence-electron chi connectivity index (χ2n) is 7.81. The van der Waals surface area contributed by atoms with E-state index in [9.17, 15) is 22.8 Å². The zero-order valence-corrected chi connectivity index (χ0v) is 16.8. The van der Waals surface area contributed by atoms with E-state index in [-0.39, 0.29) is 24.3 Å². The second-order valence-corrected chi connectivity index (χ2v) is 7.81. The van der Waals surface area contributed by atoms with E-state index >= 15 is 0 Å². The summed E-state index contributed by atoms with van der Waals surface area (Å²) in [6.07, 6.45) is -3.66. The highest BCUT2D eigenvalue weighted by atomic mass is 19.4. The Morgan fingerprint density at radius 2 is 1.73 bits per heavy atom. The van der Waals surface area contributed by atoms with Crippen molar-refractivity contribution < 1.29 is 22.8 Å². The standard InChI is InChI=1S/C23H25F3N2O2/c1-15-9-11-16(12-10-15)14-27-22(30)19-7-2-3-8-20(19)28-21(29)17-5-4-6-18(13-17)23(24,25)26/h2-3,7-12,17-18H,4-6,13-14H2,1H3,(H,27,30)(H,28,29). The van der Waals surface area contributed by atoms with Crippen molar-refractivity contribution >= 4 is 17.5 Å². The highest BCUT2D eigenvalue weighted by Gasteiger charge is 2.43. The van der Waals surface area contributed by atoms with Crippen molar-refractivity contribution in [1.29, 1.82) is 0 Å². The topological polar surface area (TPSA) is 58.2 Å². The monoisotopic (exact) mass is 418 g/mol. The predicted molar refractivity (Wildman–Crippen MR) is 109 cm³/mol. The minimum atomic E-state index is -4.28. The summed E-state index contributed by atoms with van der Waals surface area (Å²) in [5, 5.41) is 5.49. The van der Waals surface area contributed by atoms with Gasteiger partial charge in [0, 0.05) is 12.5 Å². The minimum Gasteiger partial charge on any atom is -0.348 e. The van der Waals surface area contributed by atoms with Crippen LogP contribution in [0.2, 0.25) is 0 Å². The molecule has 1 aliphatic rings. The molecule has 160 valence electrons. The molecule has 0 saturated heterocycles. The zero-order valence-electron chi connectivity index (χ0n) is 16.8. The Hall–Kier alpha value is -2.83. The number of halogens is 3. The highest BCUT2D eigenvalue weighted by molar-refractivity contribution is 6.04. The lowest BCUT2D eigenvalue weighted by atomic mass is 9.80. The van der Waals surface area contributed by atoms with Crippen molar-refractivity contribution in [2.24, 2.45) is 11.8 Å². The summed E-state index contributed by atoms with van der Waals surface area (Å²) >= 11 is 0. The quantitative estimate of drug-likeness (QED) is 0.698. The molecule has 2 N–H and O–H groups in total. The highest BCUT2D eigenvalue weighted by Crippen LogP contribution is 2.40.